The summed E-state index contributed by atoms with van der Waals surface area (Å²) in [6.45, 7) is 4.14. The number of rotatable bonds is 26. The molecule has 12 nitrogen and oxygen atoms in total. The van der Waals surface area contributed by atoms with Gasteiger partial charge in [0.1, 0.15) is 29.9 Å². The summed E-state index contributed by atoms with van der Waals surface area (Å²) in [5.41, 5.74) is 7.22. The molecule has 3 N–H and O–H groups in total. The van der Waals surface area contributed by atoms with Crippen LogP contribution in [-0.4, -0.2) is 57.6 Å². The Labute approximate surface area is 307 Å². The number of hydrogen-bond acceptors (Lipinski definition) is 10. The summed E-state index contributed by atoms with van der Waals surface area (Å²) >= 11 is 0. The maximum atomic E-state index is 14.0. The van der Waals surface area contributed by atoms with Crippen LogP contribution in [0.2, 0.25) is 0 Å². The van der Waals surface area contributed by atoms with E-state index in [2.05, 4.69) is 17.0 Å². The van der Waals surface area contributed by atoms with Crippen molar-refractivity contribution < 1.29 is 37.1 Å². The van der Waals surface area contributed by atoms with Crippen LogP contribution in [0.3, 0.4) is 0 Å². The molecule has 0 aliphatic carbocycles. The Bertz CT molecular complexity index is 1600. The minimum Gasteiger partial charge on any atom is -0.382 e. The van der Waals surface area contributed by atoms with Gasteiger partial charge in [0, 0.05) is 6.61 Å². The van der Waals surface area contributed by atoms with Gasteiger partial charge in [-0.3, -0.25) is 9.05 Å². The van der Waals surface area contributed by atoms with Crippen molar-refractivity contribution in [1.29, 1.82) is 5.26 Å². The van der Waals surface area contributed by atoms with Crippen LogP contribution < -0.4 is 5.73 Å². The zero-order valence-electron chi connectivity index (χ0n) is 30.8. The van der Waals surface area contributed by atoms with Gasteiger partial charge in [-0.05, 0) is 62.1 Å². The first-order valence-electron chi connectivity index (χ1n) is 18.9. The topological polar surface area (TPSA) is 163 Å². The Kier molecular flexibility index (Phi) is 17.4. The van der Waals surface area contributed by atoms with Gasteiger partial charge >= 0.3 is 7.82 Å². The minimum atomic E-state index is -4.52. The number of phosphoric ester groups is 1. The average molecular weight is 746 g/mol. The molecule has 4 atom stereocenters. The molecule has 0 spiro atoms. The number of nitrogens with two attached hydrogens (primary N) is 1. The Morgan fingerprint density at radius 3 is 2.44 bits per heavy atom. The summed E-state index contributed by atoms with van der Waals surface area (Å²) in [5.74, 6) is -0.191. The Morgan fingerprint density at radius 2 is 1.75 bits per heavy atom. The fraction of sp³-hybridized carbons (Fsp3) is 0.658. The molecule has 1 aliphatic heterocycles. The van der Waals surface area contributed by atoms with Crippen LogP contribution in [0.1, 0.15) is 133 Å². The fourth-order valence-electron chi connectivity index (χ4n) is 6.46. The molecular formula is C38H57FN5O7P. The highest BCUT2D eigenvalue weighted by Gasteiger charge is 2.40. The van der Waals surface area contributed by atoms with Gasteiger partial charge in [0.05, 0.1) is 49.4 Å². The lowest BCUT2D eigenvalue weighted by molar-refractivity contribution is -0.0710. The van der Waals surface area contributed by atoms with Crippen LogP contribution in [0.5, 0.6) is 0 Å². The van der Waals surface area contributed by atoms with Crippen LogP contribution in [0, 0.1) is 17.1 Å². The van der Waals surface area contributed by atoms with Gasteiger partial charge in [-0.2, -0.15) is 10.4 Å². The molecular weight excluding hydrogens is 688 g/mol. The quantitative estimate of drug-likeness (QED) is 0.0596. The number of benzene rings is 1. The molecule has 14 heteroatoms. The second kappa shape index (κ2) is 21.7. The number of unbranched alkanes of at least 4 members (excludes halogenated alkanes) is 12. The van der Waals surface area contributed by atoms with E-state index in [1.807, 2.05) is 25.1 Å². The zero-order chi connectivity index (χ0) is 37.2. The Morgan fingerprint density at radius 1 is 1.06 bits per heavy atom. The molecule has 1 unspecified atom stereocenters. The first-order valence-corrected chi connectivity index (χ1v) is 20.4. The normalized spacial score (nSPS) is 19.2. The van der Waals surface area contributed by atoms with Crippen LogP contribution in [0.15, 0.2) is 36.7 Å². The van der Waals surface area contributed by atoms with Crippen LogP contribution in [0.25, 0.3) is 5.52 Å². The zero-order valence-corrected chi connectivity index (χ0v) is 31.7. The highest BCUT2D eigenvalue weighted by atomic mass is 31.2. The van der Waals surface area contributed by atoms with Crippen molar-refractivity contribution in [2.45, 2.75) is 135 Å². The van der Waals surface area contributed by atoms with Gasteiger partial charge in [0.25, 0.3) is 0 Å². The predicted molar refractivity (Wildman–Crippen MR) is 197 cm³/mol. The van der Waals surface area contributed by atoms with Crippen molar-refractivity contribution in [2.24, 2.45) is 0 Å². The van der Waals surface area contributed by atoms with E-state index in [9.17, 15) is 19.1 Å². The van der Waals surface area contributed by atoms with Crippen molar-refractivity contribution in [3.63, 3.8) is 0 Å². The van der Waals surface area contributed by atoms with E-state index in [-0.39, 0.29) is 38.1 Å². The Hall–Kier alpha value is -2.95. The minimum absolute atomic E-state index is 0.0442. The molecule has 3 heterocycles. The van der Waals surface area contributed by atoms with Gasteiger partial charge in [-0.1, -0.05) is 84.0 Å². The largest absolute Gasteiger partial charge is 0.472 e. The number of aromatic nitrogens is 3. The summed E-state index contributed by atoms with van der Waals surface area (Å²) in [4.78, 5) is 14.6. The number of nitrogen functional groups attached to an aromatic ring is 1. The molecule has 4 rings (SSSR count). The number of hydrogen-bond donors (Lipinski definition) is 2. The van der Waals surface area contributed by atoms with Gasteiger partial charge in [0.2, 0.25) is 0 Å². The van der Waals surface area contributed by atoms with E-state index < -0.39 is 25.3 Å². The van der Waals surface area contributed by atoms with Crippen LogP contribution in [0.4, 0.5) is 10.2 Å². The molecule has 0 bridgehead atoms. The molecule has 52 heavy (non-hydrogen) atoms. The molecule has 0 amide bonds. The van der Waals surface area contributed by atoms with E-state index in [1.54, 1.807) is 4.52 Å². The van der Waals surface area contributed by atoms with Gasteiger partial charge in [-0.25, -0.2) is 18.5 Å². The average Bonchev–Trinajstić information content (AvgIpc) is 3.74. The number of halogens is 1. The van der Waals surface area contributed by atoms with Crippen molar-refractivity contribution in [3.8, 4) is 6.07 Å². The summed E-state index contributed by atoms with van der Waals surface area (Å²) in [6, 6.07) is 9.59. The number of ether oxygens (including phenoxy) is 3. The van der Waals surface area contributed by atoms with Crippen molar-refractivity contribution in [1.82, 2.24) is 14.6 Å². The summed E-state index contributed by atoms with van der Waals surface area (Å²) < 4.78 is 57.6. The molecule has 1 fully saturated rings. The third-order valence-corrected chi connectivity index (χ3v) is 10.4. The maximum Gasteiger partial charge on any atom is 0.472 e. The highest BCUT2D eigenvalue weighted by molar-refractivity contribution is 7.47. The molecule has 1 aliphatic rings. The van der Waals surface area contributed by atoms with E-state index in [0.29, 0.717) is 36.3 Å². The lowest BCUT2D eigenvalue weighted by atomic mass is 10.0. The molecule has 3 aromatic rings. The van der Waals surface area contributed by atoms with Gasteiger partial charge < -0.3 is 24.8 Å². The lowest BCUT2D eigenvalue weighted by Crippen LogP contribution is -2.30. The molecule has 1 aromatic carbocycles. The van der Waals surface area contributed by atoms with E-state index in [1.165, 1.54) is 82.7 Å². The van der Waals surface area contributed by atoms with Gasteiger partial charge in [0.15, 0.2) is 5.82 Å². The predicted octanol–water partition coefficient (Wildman–Crippen LogP) is 8.76. The van der Waals surface area contributed by atoms with E-state index >= 15 is 0 Å². The molecule has 288 valence electrons. The number of phosphoric acid groups is 1. The fourth-order valence-corrected chi connectivity index (χ4v) is 7.32. The monoisotopic (exact) mass is 745 g/mol. The number of anilines is 1. The second-order valence-electron chi connectivity index (χ2n) is 14.0. The van der Waals surface area contributed by atoms with Crippen LogP contribution >= 0.6 is 7.82 Å². The SMILES string of the molecule is CCCCCCCCCCCCCCCOC[C@H](COP(=O)(O)OC[C@]1(C)CC[C@H](c2ccc3c(N)ncnn23)O1)OCc1cc(F)cc(C#N)c1. The summed E-state index contributed by atoms with van der Waals surface area (Å²) in [6.07, 6.45) is 17.8. The third kappa shape index (κ3) is 14.1. The first-order chi connectivity index (χ1) is 25.1. The smallest absolute Gasteiger partial charge is 0.382 e. The number of fused-ring (bicyclic) bond motifs is 1. The van der Waals surface area contributed by atoms with Crippen LogP contribution in [-0.2, 0) is 34.4 Å². The van der Waals surface area contributed by atoms with Crippen molar-refractivity contribution >= 4 is 19.2 Å². The van der Waals surface area contributed by atoms with E-state index in [0.717, 1.165) is 31.0 Å². The molecule has 0 radical (unpaired) electrons. The number of nitriles is 1. The number of nitrogens with zero attached hydrogens (tertiary/aromatic N) is 4. The Balaban J connectivity index is 1.19. The molecule has 1 saturated heterocycles. The summed E-state index contributed by atoms with van der Waals surface area (Å²) in [5, 5.41) is 13.5. The highest BCUT2D eigenvalue weighted by Crippen LogP contribution is 2.47. The van der Waals surface area contributed by atoms with Crippen molar-refractivity contribution in [2.75, 3.05) is 32.2 Å². The second-order valence-corrected chi connectivity index (χ2v) is 15.5. The summed E-state index contributed by atoms with van der Waals surface area (Å²) in [7, 11) is -4.52. The molecule has 0 saturated carbocycles. The molecule has 2 aromatic heterocycles. The first kappa shape index (κ1) is 41.8. The third-order valence-electron chi connectivity index (χ3n) is 9.43. The van der Waals surface area contributed by atoms with Crippen molar-refractivity contribution in [3.05, 3.63) is 59.3 Å². The standard InChI is InChI=1S/C38H57FN5O7P/c1-3-4-5-6-7-8-9-10-11-12-13-14-15-20-47-26-33(48-25-31-21-30(24-40)22-32(39)23-31)27-49-52(45,46)50-28-38(2)19-18-36(51-38)34-16-17-35-37(41)42-29-43-44(34)35/h16-17,21-23,29,33,36H,3-15,18-20,25-28H2,1-2H3,(H,45,46)(H2,41,42,43)/t33-,36-,38+/m1/s1. The lowest BCUT2D eigenvalue weighted by Gasteiger charge is -2.26. The van der Waals surface area contributed by atoms with Gasteiger partial charge in [-0.15, -0.1) is 0 Å². The maximum absolute atomic E-state index is 14.0. The van der Waals surface area contributed by atoms with E-state index in [4.69, 9.17) is 29.0 Å².